The van der Waals surface area contributed by atoms with E-state index in [9.17, 15) is 4.79 Å². The number of esters is 1. The molecule has 20 heavy (non-hydrogen) atoms. The molecule has 0 saturated heterocycles. The summed E-state index contributed by atoms with van der Waals surface area (Å²) in [7, 11) is 1.56. The average Bonchev–Trinajstić information content (AvgIpc) is 2.80. The number of aryl methyl sites for hydroxylation is 1. The van der Waals surface area contributed by atoms with Gasteiger partial charge in [0.1, 0.15) is 6.61 Å². The smallest absolute Gasteiger partial charge is 0.340 e. The van der Waals surface area contributed by atoms with E-state index in [0.717, 1.165) is 11.0 Å². The lowest BCUT2D eigenvalue weighted by Gasteiger charge is -2.09. The lowest BCUT2D eigenvalue weighted by molar-refractivity contribution is 0.0387. The summed E-state index contributed by atoms with van der Waals surface area (Å²) in [5, 5.41) is 5.13. The summed E-state index contributed by atoms with van der Waals surface area (Å²) in [6, 6.07) is 2.00. The van der Waals surface area contributed by atoms with E-state index in [1.807, 2.05) is 18.5 Å². The van der Waals surface area contributed by atoms with Crippen molar-refractivity contribution in [3.63, 3.8) is 0 Å². The van der Waals surface area contributed by atoms with E-state index in [-0.39, 0.29) is 18.6 Å². The van der Waals surface area contributed by atoms with E-state index in [0.29, 0.717) is 17.9 Å². The van der Waals surface area contributed by atoms with Gasteiger partial charge in [0.2, 0.25) is 0 Å². The largest absolute Gasteiger partial charge is 0.460 e. The third-order valence-electron chi connectivity index (χ3n) is 2.99. The zero-order chi connectivity index (χ0) is 14.7. The number of ether oxygens (including phenoxy) is 2. The van der Waals surface area contributed by atoms with Gasteiger partial charge < -0.3 is 9.47 Å². The molecule has 0 radical (unpaired) electrons. The molecule has 6 heteroatoms. The molecule has 0 aliphatic carbocycles. The Bertz CT molecular complexity index is 619. The van der Waals surface area contributed by atoms with Crippen molar-refractivity contribution in [1.82, 2.24) is 14.8 Å². The van der Waals surface area contributed by atoms with E-state index >= 15 is 0 Å². The third-order valence-corrected chi connectivity index (χ3v) is 2.99. The lowest BCUT2D eigenvalue weighted by atomic mass is 10.2. The highest BCUT2D eigenvalue weighted by atomic mass is 16.6. The van der Waals surface area contributed by atoms with Gasteiger partial charge in [-0.1, -0.05) is 0 Å². The second-order valence-electron chi connectivity index (χ2n) is 4.85. The molecule has 0 bridgehead atoms. The number of aromatic nitrogens is 3. The normalized spacial score (nSPS) is 11.2. The molecule has 2 aromatic heterocycles. The molecule has 2 aromatic rings. The minimum atomic E-state index is -0.383. The summed E-state index contributed by atoms with van der Waals surface area (Å²) in [4.78, 5) is 16.5. The van der Waals surface area contributed by atoms with Gasteiger partial charge in [-0.25, -0.2) is 14.5 Å². The molecule has 0 unspecified atom stereocenters. The summed E-state index contributed by atoms with van der Waals surface area (Å²) in [5.41, 5.74) is 1.89. The molecule has 0 aliphatic heterocycles. The first-order chi connectivity index (χ1) is 9.54. The third kappa shape index (κ3) is 2.80. The van der Waals surface area contributed by atoms with Crippen LogP contribution in [-0.4, -0.2) is 41.1 Å². The molecule has 6 nitrogen and oxygen atoms in total. The molecule has 108 valence electrons. The summed E-state index contributed by atoms with van der Waals surface area (Å²) in [5.74, 6) is -0.383. The van der Waals surface area contributed by atoms with Crippen LogP contribution in [0, 0.1) is 6.92 Å². The molecule has 0 saturated carbocycles. The molecule has 0 atom stereocenters. The Balaban J connectivity index is 2.32. The van der Waals surface area contributed by atoms with Gasteiger partial charge in [0.25, 0.3) is 0 Å². The van der Waals surface area contributed by atoms with E-state index in [2.05, 4.69) is 10.1 Å². The van der Waals surface area contributed by atoms with Crippen LogP contribution in [0.15, 0.2) is 12.3 Å². The van der Waals surface area contributed by atoms with Crippen molar-refractivity contribution in [2.45, 2.75) is 26.8 Å². The van der Waals surface area contributed by atoms with Crippen molar-refractivity contribution in [2.75, 3.05) is 20.3 Å². The van der Waals surface area contributed by atoms with Crippen molar-refractivity contribution in [3.05, 3.63) is 23.5 Å². The highest BCUT2D eigenvalue weighted by molar-refractivity contribution is 5.94. The zero-order valence-electron chi connectivity index (χ0n) is 12.2. The Morgan fingerprint density at radius 2 is 2.15 bits per heavy atom. The first-order valence-corrected chi connectivity index (χ1v) is 6.55. The van der Waals surface area contributed by atoms with Crippen LogP contribution in [0.1, 0.15) is 35.9 Å². The number of nitrogens with zero attached hydrogens (tertiary/aromatic N) is 3. The molecule has 0 spiro atoms. The van der Waals surface area contributed by atoms with Gasteiger partial charge in [-0.3, -0.25) is 0 Å². The number of carbonyl (C=O) groups is 1. The summed E-state index contributed by atoms with van der Waals surface area (Å²) in [6.45, 7) is 6.49. The average molecular weight is 277 g/mol. The van der Waals surface area contributed by atoms with Crippen LogP contribution >= 0.6 is 0 Å². The van der Waals surface area contributed by atoms with Gasteiger partial charge in [0.05, 0.1) is 24.1 Å². The summed E-state index contributed by atoms with van der Waals surface area (Å²) in [6.07, 6.45) is 1.72. The molecule has 2 heterocycles. The summed E-state index contributed by atoms with van der Waals surface area (Å²) < 4.78 is 11.8. The second kappa shape index (κ2) is 6.00. The van der Waals surface area contributed by atoms with E-state index in [4.69, 9.17) is 9.47 Å². The van der Waals surface area contributed by atoms with E-state index in [1.165, 1.54) is 0 Å². The maximum absolute atomic E-state index is 12.0. The van der Waals surface area contributed by atoms with Crippen molar-refractivity contribution < 1.29 is 14.3 Å². The van der Waals surface area contributed by atoms with Crippen molar-refractivity contribution in [3.8, 4) is 0 Å². The van der Waals surface area contributed by atoms with E-state index < -0.39 is 0 Å². The standard InChI is InChI=1S/C14H19N3O3/c1-9(2)17-13-11(8-15-17)7-12(10(3)16-13)14(18)20-6-5-19-4/h7-9H,5-6H2,1-4H3. The molecule has 0 N–H and O–H groups in total. The van der Waals surface area contributed by atoms with Crippen molar-refractivity contribution in [1.29, 1.82) is 0 Å². The molecular weight excluding hydrogens is 258 g/mol. The quantitative estimate of drug-likeness (QED) is 0.618. The fraction of sp³-hybridized carbons (Fsp3) is 0.500. The van der Waals surface area contributed by atoms with Crippen LogP contribution in [0.25, 0.3) is 11.0 Å². The molecule has 2 rings (SSSR count). The maximum atomic E-state index is 12.0. The Kier molecular flexibility index (Phi) is 4.34. The molecular formula is C14H19N3O3. The fourth-order valence-corrected chi connectivity index (χ4v) is 1.95. The van der Waals surface area contributed by atoms with Gasteiger partial charge in [0.15, 0.2) is 5.65 Å². The Morgan fingerprint density at radius 1 is 1.40 bits per heavy atom. The maximum Gasteiger partial charge on any atom is 0.340 e. The SMILES string of the molecule is COCCOC(=O)c1cc2cnn(C(C)C)c2nc1C. The van der Waals surface area contributed by atoms with Crippen LogP contribution in [0.3, 0.4) is 0 Å². The first-order valence-electron chi connectivity index (χ1n) is 6.55. The number of pyridine rings is 1. The highest BCUT2D eigenvalue weighted by Gasteiger charge is 2.16. The van der Waals surface area contributed by atoms with Crippen LogP contribution in [0.5, 0.6) is 0 Å². The number of methoxy groups -OCH3 is 1. The Hall–Kier alpha value is -1.95. The van der Waals surface area contributed by atoms with Crippen LogP contribution < -0.4 is 0 Å². The van der Waals surface area contributed by atoms with Gasteiger partial charge >= 0.3 is 5.97 Å². The van der Waals surface area contributed by atoms with Gasteiger partial charge in [0, 0.05) is 18.5 Å². The number of fused-ring (bicyclic) bond motifs is 1. The van der Waals surface area contributed by atoms with Gasteiger partial charge in [-0.05, 0) is 26.8 Å². The summed E-state index contributed by atoms with van der Waals surface area (Å²) >= 11 is 0. The molecule has 0 aromatic carbocycles. The monoisotopic (exact) mass is 277 g/mol. The van der Waals surface area contributed by atoms with Crippen molar-refractivity contribution in [2.24, 2.45) is 0 Å². The minimum Gasteiger partial charge on any atom is -0.460 e. The van der Waals surface area contributed by atoms with E-state index in [1.54, 1.807) is 26.3 Å². The number of rotatable bonds is 5. The molecule has 0 amide bonds. The highest BCUT2D eigenvalue weighted by Crippen LogP contribution is 2.19. The minimum absolute atomic E-state index is 0.221. The molecule has 0 aliphatic rings. The molecule has 0 fully saturated rings. The lowest BCUT2D eigenvalue weighted by Crippen LogP contribution is -2.12. The number of hydrogen-bond acceptors (Lipinski definition) is 5. The van der Waals surface area contributed by atoms with Crippen LogP contribution in [-0.2, 0) is 9.47 Å². The Morgan fingerprint density at radius 3 is 2.80 bits per heavy atom. The van der Waals surface area contributed by atoms with Gasteiger partial charge in [-0.2, -0.15) is 5.10 Å². The van der Waals surface area contributed by atoms with Gasteiger partial charge in [-0.15, -0.1) is 0 Å². The Labute approximate surface area is 117 Å². The second-order valence-corrected chi connectivity index (χ2v) is 4.85. The number of hydrogen-bond donors (Lipinski definition) is 0. The predicted molar refractivity (Wildman–Crippen MR) is 74.8 cm³/mol. The topological polar surface area (TPSA) is 66.2 Å². The van der Waals surface area contributed by atoms with Crippen LogP contribution in [0.2, 0.25) is 0 Å². The fourth-order valence-electron chi connectivity index (χ4n) is 1.95. The first kappa shape index (κ1) is 14.5. The van der Waals surface area contributed by atoms with Crippen LogP contribution in [0.4, 0.5) is 0 Å². The number of carbonyl (C=O) groups excluding carboxylic acids is 1. The van der Waals surface area contributed by atoms with Crippen molar-refractivity contribution >= 4 is 17.0 Å². The predicted octanol–water partition coefficient (Wildman–Crippen LogP) is 2.12. The zero-order valence-corrected chi connectivity index (χ0v) is 12.2.